The Morgan fingerprint density at radius 3 is 2.46 bits per heavy atom. The van der Waals surface area contributed by atoms with Gasteiger partial charge in [0, 0.05) is 0 Å². The van der Waals surface area contributed by atoms with Crippen molar-refractivity contribution in [1.82, 2.24) is 0 Å². The van der Waals surface area contributed by atoms with Crippen molar-refractivity contribution in [2.24, 2.45) is 0 Å². The number of hydrogen-bond donors (Lipinski definition) is 0. The fourth-order valence-corrected chi connectivity index (χ4v) is 2.87. The minimum absolute atomic E-state index is 0.307. The lowest BCUT2D eigenvalue weighted by atomic mass is 10.1. The van der Waals surface area contributed by atoms with Gasteiger partial charge in [0.15, 0.2) is 0 Å². The molecule has 0 radical (unpaired) electrons. The molecular weight excluding hydrogens is 188 g/mol. The van der Waals surface area contributed by atoms with Crippen LogP contribution in [-0.2, 0) is 14.3 Å². The van der Waals surface area contributed by atoms with Gasteiger partial charge in [-0.2, -0.15) is 8.42 Å². The molecule has 0 spiro atoms. The average molecular weight is 198 g/mol. The minimum atomic E-state index is -3.34. The molecule has 1 saturated heterocycles. The Bertz CT molecular complexity index is 383. The van der Waals surface area contributed by atoms with Gasteiger partial charge in [0.05, 0.1) is 6.61 Å². The summed E-state index contributed by atoms with van der Waals surface area (Å²) in [7, 11) is -3.34. The molecule has 4 heteroatoms. The van der Waals surface area contributed by atoms with E-state index in [1.54, 1.807) is 0 Å². The van der Waals surface area contributed by atoms with E-state index < -0.39 is 15.4 Å². The summed E-state index contributed by atoms with van der Waals surface area (Å²) in [6.07, 6.45) is 0.562. The Hall–Kier alpha value is -0.870. The van der Waals surface area contributed by atoms with Gasteiger partial charge in [-0.25, -0.2) is 0 Å². The van der Waals surface area contributed by atoms with Crippen molar-refractivity contribution in [1.29, 1.82) is 0 Å². The zero-order valence-electron chi connectivity index (χ0n) is 7.01. The van der Waals surface area contributed by atoms with Crippen molar-refractivity contribution < 1.29 is 12.6 Å². The summed E-state index contributed by atoms with van der Waals surface area (Å²) in [4.78, 5) is 0. The molecule has 1 atom stereocenters. The van der Waals surface area contributed by atoms with Gasteiger partial charge in [0.1, 0.15) is 5.25 Å². The molecule has 0 saturated carbocycles. The van der Waals surface area contributed by atoms with E-state index >= 15 is 0 Å². The molecular formula is C9H10O3S. The van der Waals surface area contributed by atoms with Gasteiger partial charge in [-0.3, -0.25) is 4.18 Å². The van der Waals surface area contributed by atoms with E-state index in [4.69, 9.17) is 0 Å². The van der Waals surface area contributed by atoms with E-state index in [9.17, 15) is 8.42 Å². The standard InChI is InChI=1S/C9H10O3S/c10-13(11)9(6-7-12-13)8-4-2-1-3-5-8/h1-5,9H,6-7H2. The van der Waals surface area contributed by atoms with Gasteiger partial charge >= 0.3 is 0 Å². The van der Waals surface area contributed by atoms with E-state index in [-0.39, 0.29) is 0 Å². The lowest BCUT2D eigenvalue weighted by Gasteiger charge is -2.06. The summed E-state index contributed by atoms with van der Waals surface area (Å²) >= 11 is 0. The van der Waals surface area contributed by atoms with Crippen LogP contribution in [-0.4, -0.2) is 15.0 Å². The summed E-state index contributed by atoms with van der Waals surface area (Å²) in [5.74, 6) is 0. The van der Waals surface area contributed by atoms with Gasteiger partial charge in [-0.15, -0.1) is 0 Å². The van der Waals surface area contributed by atoms with E-state index in [0.29, 0.717) is 13.0 Å². The van der Waals surface area contributed by atoms with E-state index in [1.165, 1.54) is 0 Å². The van der Waals surface area contributed by atoms with Gasteiger partial charge in [-0.1, -0.05) is 30.3 Å². The number of hydrogen-bond acceptors (Lipinski definition) is 3. The molecule has 2 rings (SSSR count). The second-order valence-corrected chi connectivity index (χ2v) is 4.79. The van der Waals surface area contributed by atoms with Crippen LogP contribution in [0.25, 0.3) is 0 Å². The predicted molar refractivity (Wildman–Crippen MR) is 48.7 cm³/mol. The minimum Gasteiger partial charge on any atom is -0.270 e. The normalized spacial score (nSPS) is 26.0. The summed E-state index contributed by atoms with van der Waals surface area (Å²) in [5.41, 5.74) is 0.819. The monoisotopic (exact) mass is 198 g/mol. The van der Waals surface area contributed by atoms with Gasteiger partial charge < -0.3 is 0 Å². The summed E-state index contributed by atoms with van der Waals surface area (Å²) in [6, 6.07) is 9.17. The van der Waals surface area contributed by atoms with E-state index in [0.717, 1.165) is 5.56 Å². The quantitative estimate of drug-likeness (QED) is 0.642. The van der Waals surface area contributed by atoms with Crippen LogP contribution in [0.15, 0.2) is 30.3 Å². The van der Waals surface area contributed by atoms with Crippen molar-refractivity contribution in [3.05, 3.63) is 35.9 Å². The van der Waals surface area contributed by atoms with E-state index in [2.05, 4.69) is 4.18 Å². The molecule has 0 bridgehead atoms. The number of rotatable bonds is 1. The molecule has 70 valence electrons. The van der Waals surface area contributed by atoms with E-state index in [1.807, 2.05) is 30.3 Å². The molecule has 1 aromatic carbocycles. The molecule has 0 N–H and O–H groups in total. The highest BCUT2D eigenvalue weighted by atomic mass is 32.2. The van der Waals surface area contributed by atoms with Gasteiger partial charge in [0.25, 0.3) is 10.1 Å². The second kappa shape index (κ2) is 3.12. The molecule has 0 aliphatic carbocycles. The fraction of sp³-hybridized carbons (Fsp3) is 0.333. The fourth-order valence-electron chi connectivity index (χ4n) is 1.50. The first-order valence-corrected chi connectivity index (χ1v) is 5.60. The van der Waals surface area contributed by atoms with Crippen LogP contribution in [0.4, 0.5) is 0 Å². The van der Waals surface area contributed by atoms with Crippen molar-refractivity contribution >= 4 is 10.1 Å². The maximum atomic E-state index is 11.3. The first kappa shape index (κ1) is 8.72. The molecule has 1 aromatic rings. The Labute approximate surface area is 77.5 Å². The molecule has 1 aliphatic heterocycles. The van der Waals surface area contributed by atoms with Crippen LogP contribution in [0.5, 0.6) is 0 Å². The maximum Gasteiger partial charge on any atom is 0.274 e. The number of benzene rings is 1. The molecule has 1 aliphatic rings. The summed E-state index contributed by atoms with van der Waals surface area (Å²) < 4.78 is 27.4. The Balaban J connectivity index is 2.38. The average Bonchev–Trinajstić information content (AvgIpc) is 2.47. The Morgan fingerprint density at radius 1 is 1.23 bits per heavy atom. The predicted octanol–water partition coefficient (Wildman–Crippen LogP) is 1.48. The third-order valence-corrected chi connectivity index (χ3v) is 3.85. The zero-order chi connectivity index (χ0) is 9.31. The zero-order valence-corrected chi connectivity index (χ0v) is 7.83. The molecule has 1 unspecified atom stereocenters. The highest BCUT2D eigenvalue weighted by Crippen LogP contribution is 2.32. The van der Waals surface area contributed by atoms with Crippen molar-refractivity contribution in [3.8, 4) is 0 Å². The second-order valence-electron chi connectivity index (χ2n) is 3.00. The highest BCUT2D eigenvalue weighted by molar-refractivity contribution is 7.87. The first-order valence-electron chi connectivity index (χ1n) is 4.13. The van der Waals surface area contributed by atoms with Crippen molar-refractivity contribution in [2.75, 3.05) is 6.61 Å². The lowest BCUT2D eigenvalue weighted by molar-refractivity contribution is 0.354. The first-order chi connectivity index (χ1) is 6.20. The molecule has 3 nitrogen and oxygen atoms in total. The molecule has 13 heavy (non-hydrogen) atoms. The van der Waals surface area contributed by atoms with Crippen LogP contribution >= 0.6 is 0 Å². The highest BCUT2D eigenvalue weighted by Gasteiger charge is 2.33. The van der Waals surface area contributed by atoms with Crippen molar-refractivity contribution in [3.63, 3.8) is 0 Å². The Kier molecular flexibility index (Phi) is 2.09. The van der Waals surface area contributed by atoms with Gasteiger partial charge in [-0.05, 0) is 12.0 Å². The smallest absolute Gasteiger partial charge is 0.270 e. The van der Waals surface area contributed by atoms with Crippen LogP contribution in [0.1, 0.15) is 17.2 Å². The largest absolute Gasteiger partial charge is 0.274 e. The third-order valence-electron chi connectivity index (χ3n) is 2.15. The summed E-state index contributed by atoms with van der Waals surface area (Å²) in [6.45, 7) is 0.307. The maximum absolute atomic E-state index is 11.3. The molecule has 1 fully saturated rings. The summed E-state index contributed by atoms with van der Waals surface area (Å²) in [5, 5.41) is -0.464. The molecule has 0 aromatic heterocycles. The molecule has 1 heterocycles. The lowest BCUT2D eigenvalue weighted by Crippen LogP contribution is -2.06. The van der Waals surface area contributed by atoms with Crippen LogP contribution in [0, 0.1) is 0 Å². The van der Waals surface area contributed by atoms with Crippen LogP contribution in [0.2, 0.25) is 0 Å². The van der Waals surface area contributed by atoms with Crippen molar-refractivity contribution in [2.45, 2.75) is 11.7 Å². The Morgan fingerprint density at radius 2 is 1.92 bits per heavy atom. The van der Waals surface area contributed by atoms with Crippen LogP contribution < -0.4 is 0 Å². The SMILES string of the molecule is O=S1(=O)OCCC1c1ccccc1. The van der Waals surface area contributed by atoms with Gasteiger partial charge in [0.2, 0.25) is 0 Å². The van der Waals surface area contributed by atoms with Crippen LogP contribution in [0.3, 0.4) is 0 Å². The third kappa shape index (κ3) is 1.59. The topological polar surface area (TPSA) is 43.4 Å². The molecule has 0 amide bonds.